The Hall–Kier alpha value is -3.27. The van der Waals surface area contributed by atoms with Gasteiger partial charge in [0, 0.05) is 5.56 Å². The van der Waals surface area contributed by atoms with Crippen molar-refractivity contribution in [1.82, 2.24) is 5.32 Å². The molecule has 3 aromatic rings. The van der Waals surface area contributed by atoms with Crippen molar-refractivity contribution in [2.24, 2.45) is 0 Å². The van der Waals surface area contributed by atoms with Gasteiger partial charge in [-0.2, -0.15) is 0 Å². The zero-order chi connectivity index (χ0) is 25.5. The molecule has 37 heavy (non-hydrogen) atoms. The van der Waals surface area contributed by atoms with Gasteiger partial charge in [-0.05, 0) is 17.2 Å². The second-order valence-corrected chi connectivity index (χ2v) is 8.92. The minimum atomic E-state index is -0.762. The Balaban J connectivity index is 1.39. The van der Waals surface area contributed by atoms with E-state index in [2.05, 4.69) is 5.32 Å². The summed E-state index contributed by atoms with van der Waals surface area (Å²) < 4.78 is 36.9. The number of hydrogen-bond acceptors (Lipinski definition) is 7. The van der Waals surface area contributed by atoms with Crippen molar-refractivity contribution < 1.29 is 33.2 Å². The van der Waals surface area contributed by atoms with E-state index in [1.807, 2.05) is 84.9 Å². The van der Waals surface area contributed by atoms with Crippen LogP contribution in [0.15, 0.2) is 84.9 Å². The van der Waals surface area contributed by atoms with Crippen LogP contribution in [0.4, 0.5) is 0 Å². The van der Waals surface area contributed by atoms with Crippen LogP contribution in [0.2, 0.25) is 0 Å². The van der Waals surface area contributed by atoms with Crippen LogP contribution in [0.5, 0.6) is 5.75 Å². The highest BCUT2D eigenvalue weighted by molar-refractivity contribution is 5.47. The van der Waals surface area contributed by atoms with Gasteiger partial charge in [0.1, 0.15) is 30.1 Å². The maximum Gasteiger partial charge on any atom is 0.207 e. The molecule has 194 valence electrons. The fourth-order valence-electron chi connectivity index (χ4n) is 4.71. The fourth-order valence-corrected chi connectivity index (χ4v) is 4.71. The van der Waals surface area contributed by atoms with Crippen LogP contribution in [0.25, 0.3) is 0 Å². The molecule has 8 heteroatoms. The molecule has 0 bridgehead atoms. The Morgan fingerprint density at radius 1 is 0.865 bits per heavy atom. The number of rotatable bonds is 10. The van der Waals surface area contributed by atoms with Gasteiger partial charge in [0.2, 0.25) is 6.41 Å². The summed E-state index contributed by atoms with van der Waals surface area (Å²) in [6, 6.07) is 26.6. The van der Waals surface area contributed by atoms with Crippen molar-refractivity contribution in [2.75, 3.05) is 13.7 Å². The van der Waals surface area contributed by atoms with Crippen LogP contribution in [-0.4, -0.2) is 50.8 Å². The molecule has 6 atom stereocenters. The monoisotopic (exact) mass is 505 g/mol. The summed E-state index contributed by atoms with van der Waals surface area (Å²) in [6.45, 7) is 0.912. The van der Waals surface area contributed by atoms with Gasteiger partial charge in [-0.3, -0.25) is 4.79 Å². The molecule has 0 aromatic heterocycles. The molecule has 0 radical (unpaired) electrons. The van der Waals surface area contributed by atoms with Crippen LogP contribution < -0.4 is 10.1 Å². The zero-order valence-electron chi connectivity index (χ0n) is 20.6. The first-order valence-electron chi connectivity index (χ1n) is 12.3. The van der Waals surface area contributed by atoms with E-state index in [1.54, 1.807) is 7.11 Å². The third kappa shape index (κ3) is 6.01. The van der Waals surface area contributed by atoms with Crippen molar-refractivity contribution >= 4 is 6.41 Å². The summed E-state index contributed by atoms with van der Waals surface area (Å²) in [6.07, 6.45) is -2.35. The molecule has 2 heterocycles. The summed E-state index contributed by atoms with van der Waals surface area (Å²) >= 11 is 0. The molecule has 1 amide bonds. The van der Waals surface area contributed by atoms with E-state index < -0.39 is 36.9 Å². The van der Waals surface area contributed by atoms with Crippen molar-refractivity contribution in [3.63, 3.8) is 0 Å². The maximum absolute atomic E-state index is 11.7. The number of ether oxygens (including phenoxy) is 6. The topological polar surface area (TPSA) is 84.5 Å². The molecule has 2 aliphatic heterocycles. The van der Waals surface area contributed by atoms with E-state index in [-0.39, 0.29) is 6.61 Å². The Morgan fingerprint density at radius 2 is 1.51 bits per heavy atom. The normalized spacial score (nSPS) is 27.2. The number of fused-ring (bicyclic) bond motifs is 1. The lowest BCUT2D eigenvalue weighted by molar-refractivity contribution is -0.350. The van der Waals surface area contributed by atoms with Crippen LogP contribution in [-0.2, 0) is 41.7 Å². The van der Waals surface area contributed by atoms with E-state index in [9.17, 15) is 4.79 Å². The first-order valence-corrected chi connectivity index (χ1v) is 12.3. The second kappa shape index (κ2) is 12.3. The molecule has 0 unspecified atom stereocenters. The van der Waals surface area contributed by atoms with Crippen LogP contribution in [0.3, 0.4) is 0 Å². The molecule has 2 fully saturated rings. The third-order valence-corrected chi connectivity index (χ3v) is 6.53. The molecule has 0 saturated carbocycles. The molecular weight excluding hydrogens is 474 g/mol. The van der Waals surface area contributed by atoms with Gasteiger partial charge in [0.15, 0.2) is 12.6 Å². The van der Waals surface area contributed by atoms with Crippen molar-refractivity contribution in [1.29, 1.82) is 0 Å². The Morgan fingerprint density at radius 3 is 2.19 bits per heavy atom. The van der Waals surface area contributed by atoms with E-state index >= 15 is 0 Å². The Bertz CT molecular complexity index is 1130. The van der Waals surface area contributed by atoms with Crippen LogP contribution in [0.1, 0.15) is 23.0 Å². The number of hydrogen-bond donors (Lipinski definition) is 1. The van der Waals surface area contributed by atoms with Gasteiger partial charge in [0.05, 0.1) is 26.9 Å². The second-order valence-electron chi connectivity index (χ2n) is 8.92. The first-order chi connectivity index (χ1) is 18.3. The summed E-state index contributed by atoms with van der Waals surface area (Å²) in [5.74, 6) is 0.663. The SMILES string of the molecule is COc1ccccc1[C@@H]1OC[C@H]2O[C@H](OCc3ccccc3)[C@H](NC=O)[C@@H](OCc3ccccc3)[C@@H]2O1. The average Bonchev–Trinajstić information content (AvgIpc) is 2.96. The van der Waals surface area contributed by atoms with Crippen LogP contribution >= 0.6 is 0 Å². The number of benzene rings is 3. The van der Waals surface area contributed by atoms with Crippen LogP contribution in [0, 0.1) is 0 Å². The molecule has 1 N–H and O–H groups in total. The van der Waals surface area contributed by atoms with Gasteiger partial charge in [0.25, 0.3) is 0 Å². The molecule has 0 aliphatic carbocycles. The van der Waals surface area contributed by atoms with Gasteiger partial charge in [-0.1, -0.05) is 78.9 Å². The van der Waals surface area contributed by atoms with E-state index in [4.69, 9.17) is 28.4 Å². The van der Waals surface area contributed by atoms with E-state index in [0.717, 1.165) is 16.7 Å². The summed E-state index contributed by atoms with van der Waals surface area (Å²) in [7, 11) is 1.61. The standard InChI is InChI=1S/C29H31NO7/c1-32-23-15-9-8-14-22(23)28-35-18-24-26(37-28)27(33-16-20-10-4-2-5-11-20)25(30-19-31)29(36-24)34-17-21-12-6-3-7-13-21/h2-15,19,24-29H,16-18H2,1H3,(H,30,31)/t24-,25-,26-,27-,28-,29+/m1/s1. The molecule has 2 aliphatic rings. The predicted octanol–water partition coefficient (Wildman–Crippen LogP) is 3.75. The van der Waals surface area contributed by atoms with Crippen molar-refractivity contribution in [3.05, 3.63) is 102 Å². The minimum Gasteiger partial charge on any atom is -0.496 e. The van der Waals surface area contributed by atoms with Crippen molar-refractivity contribution in [3.8, 4) is 5.75 Å². The summed E-state index contributed by atoms with van der Waals surface area (Å²) in [4.78, 5) is 11.7. The Labute approximate surface area is 216 Å². The molecule has 8 nitrogen and oxygen atoms in total. The molecular formula is C29H31NO7. The van der Waals surface area contributed by atoms with Gasteiger partial charge in [-0.15, -0.1) is 0 Å². The van der Waals surface area contributed by atoms with E-state index in [1.165, 1.54) is 0 Å². The quantitative estimate of drug-likeness (QED) is 0.420. The number of amides is 1. The van der Waals surface area contributed by atoms with E-state index in [0.29, 0.717) is 25.4 Å². The van der Waals surface area contributed by atoms with Gasteiger partial charge >= 0.3 is 0 Å². The number of nitrogens with one attached hydrogen (secondary N) is 1. The van der Waals surface area contributed by atoms with Crippen molar-refractivity contribution in [2.45, 2.75) is 50.1 Å². The molecule has 5 rings (SSSR count). The lowest BCUT2D eigenvalue weighted by atomic mass is 9.95. The lowest BCUT2D eigenvalue weighted by Crippen LogP contribution is -2.66. The highest BCUT2D eigenvalue weighted by atomic mass is 16.8. The van der Waals surface area contributed by atoms with Gasteiger partial charge < -0.3 is 33.7 Å². The largest absolute Gasteiger partial charge is 0.496 e. The first kappa shape index (κ1) is 25.4. The summed E-state index contributed by atoms with van der Waals surface area (Å²) in [5, 5.41) is 2.87. The fraction of sp³-hybridized carbons (Fsp3) is 0.345. The smallest absolute Gasteiger partial charge is 0.207 e. The summed E-state index contributed by atoms with van der Waals surface area (Å²) in [5.41, 5.74) is 2.77. The predicted molar refractivity (Wildman–Crippen MR) is 134 cm³/mol. The molecule has 2 saturated heterocycles. The highest BCUT2D eigenvalue weighted by Crippen LogP contribution is 2.38. The lowest BCUT2D eigenvalue weighted by Gasteiger charge is -2.49. The van der Waals surface area contributed by atoms with Gasteiger partial charge in [-0.25, -0.2) is 0 Å². The number of methoxy groups -OCH3 is 1. The number of carbonyl (C=O) groups is 1. The zero-order valence-corrected chi connectivity index (χ0v) is 20.6. The third-order valence-electron chi connectivity index (χ3n) is 6.53. The average molecular weight is 506 g/mol. The number of para-hydroxylation sites is 1. The number of carbonyl (C=O) groups excluding carboxylic acids is 1. The molecule has 3 aromatic carbocycles. The Kier molecular flexibility index (Phi) is 8.45. The minimum absolute atomic E-state index is 0.261. The molecule has 0 spiro atoms. The highest BCUT2D eigenvalue weighted by Gasteiger charge is 2.51. The maximum atomic E-state index is 11.7.